The molecule has 9 aromatic carbocycles. The fraction of sp³-hybridized carbons (Fsp3) is 0.294. The molecule has 13 nitrogen and oxygen atoms in total. The molecule has 506 valence electrons. The van der Waals surface area contributed by atoms with E-state index in [2.05, 4.69) is 184 Å². The van der Waals surface area contributed by atoms with E-state index in [0.717, 1.165) is 122 Å². The molecule has 0 unspecified atom stereocenters. The van der Waals surface area contributed by atoms with Gasteiger partial charge in [0.1, 0.15) is 5.75 Å². The number of piperazine rings is 2. The topological polar surface area (TPSA) is 166 Å². The van der Waals surface area contributed by atoms with Gasteiger partial charge in [-0.05, 0) is 215 Å². The standard InChI is InChI=1S/C29H31NO2.C28H31N3O3.C28H33N3O/c31-18-4-7-28(22-5-2-1-3-6-22)29(24-12-16-27(32)17-13-24)23-10-8-21(9-11-23)25-19-30(20-25)26-14-15-26;1-29-17-19-30(20-18-29)25-13-9-23(10-14-25)28(24-11-15-26(16-12-24)31(33)34)27(8-5-21-32)22-6-3-2-4-7-22;1-30-17-19-31(20-18-30)26-15-11-24(12-16-26)28(23-9-13-25(29)14-10-23)27(8-5-21-32)22-6-3-2-4-7-22/h1-3,5-6,8-13,16-17,25-26,31-32H,4,7,14-15,18-20H2;2-4,6-7,9-16,32H,5,8,17-21H2,1H3;2-4,6-7,9-16,32H,5,8,17-21,29H2,1H3/b29-28+;28-27+;28-27-. The minimum absolute atomic E-state index is 0.0742. The van der Waals surface area contributed by atoms with Crippen molar-refractivity contribution in [3.63, 3.8) is 0 Å². The van der Waals surface area contributed by atoms with Gasteiger partial charge in [0.2, 0.25) is 0 Å². The molecule has 3 saturated heterocycles. The number of aliphatic hydroxyl groups excluding tert-OH is 3. The van der Waals surface area contributed by atoms with E-state index < -0.39 is 0 Å². The van der Waals surface area contributed by atoms with E-state index >= 15 is 0 Å². The number of phenols is 1. The number of rotatable bonds is 23. The van der Waals surface area contributed by atoms with E-state index in [4.69, 9.17) is 5.73 Å². The smallest absolute Gasteiger partial charge is 0.269 e. The molecule has 0 spiro atoms. The fourth-order valence-corrected chi connectivity index (χ4v) is 13.7. The van der Waals surface area contributed by atoms with E-state index in [1.807, 2.05) is 66.7 Å². The van der Waals surface area contributed by atoms with Gasteiger partial charge in [0.25, 0.3) is 5.69 Å². The van der Waals surface area contributed by atoms with Gasteiger partial charge in [-0.15, -0.1) is 0 Å². The Labute approximate surface area is 579 Å². The van der Waals surface area contributed by atoms with Gasteiger partial charge in [0, 0.05) is 126 Å². The van der Waals surface area contributed by atoms with Crippen molar-refractivity contribution in [3.8, 4) is 5.75 Å². The van der Waals surface area contributed by atoms with Gasteiger partial charge < -0.3 is 45.8 Å². The summed E-state index contributed by atoms with van der Waals surface area (Å²) in [6.07, 6.45) is 7.13. The molecule has 0 amide bonds. The van der Waals surface area contributed by atoms with Crippen LogP contribution in [0.25, 0.3) is 33.4 Å². The lowest BCUT2D eigenvalue weighted by Gasteiger charge is -2.40. The van der Waals surface area contributed by atoms with Crippen LogP contribution in [0.3, 0.4) is 0 Å². The number of nitro groups is 1. The van der Waals surface area contributed by atoms with Crippen molar-refractivity contribution in [2.45, 2.75) is 63.3 Å². The average molecular weight is 1310 g/mol. The highest BCUT2D eigenvalue weighted by Gasteiger charge is 2.38. The molecule has 98 heavy (non-hydrogen) atoms. The second-order valence-corrected chi connectivity index (χ2v) is 26.3. The molecule has 0 aromatic heterocycles. The molecule has 3 aliphatic heterocycles. The number of allylic oxidation sites excluding steroid dienone is 3. The number of anilines is 3. The lowest BCUT2D eigenvalue weighted by Crippen LogP contribution is -2.46. The van der Waals surface area contributed by atoms with Crippen LogP contribution in [0.2, 0.25) is 0 Å². The predicted molar refractivity (Wildman–Crippen MR) is 404 cm³/mol. The number of nitro benzene ring substituents is 1. The van der Waals surface area contributed by atoms with Crippen molar-refractivity contribution >= 4 is 56.2 Å². The normalized spacial score (nSPS) is 16.1. The van der Waals surface area contributed by atoms with Gasteiger partial charge in [0.05, 0.1) is 4.92 Å². The van der Waals surface area contributed by atoms with Crippen molar-refractivity contribution < 1.29 is 25.3 Å². The number of likely N-dealkylation sites (tertiary alicyclic amines) is 1. The first-order valence-electron chi connectivity index (χ1n) is 35.0. The number of nitrogens with two attached hydrogens (primary N) is 1. The molecule has 13 rings (SSSR count). The number of nitrogens with zero attached hydrogens (tertiary/aromatic N) is 6. The number of non-ortho nitro benzene ring substituents is 1. The molecule has 0 atom stereocenters. The third-order valence-corrected chi connectivity index (χ3v) is 19.4. The molecule has 3 heterocycles. The average Bonchev–Trinajstić information content (AvgIpc) is 1.14. The van der Waals surface area contributed by atoms with Gasteiger partial charge in [0.15, 0.2) is 0 Å². The van der Waals surface area contributed by atoms with Gasteiger partial charge in [-0.3, -0.25) is 15.0 Å². The molecular formula is C85H95N7O6. The summed E-state index contributed by atoms with van der Waals surface area (Å²) in [6, 6.07) is 81.0. The van der Waals surface area contributed by atoms with E-state index in [1.165, 1.54) is 87.4 Å². The number of benzene rings is 9. The second kappa shape index (κ2) is 34.7. The summed E-state index contributed by atoms with van der Waals surface area (Å²) in [5.74, 6) is 0.916. The molecule has 6 N–H and O–H groups in total. The number of aromatic hydroxyl groups is 1. The van der Waals surface area contributed by atoms with Gasteiger partial charge in [-0.25, -0.2) is 0 Å². The quantitative estimate of drug-likeness (QED) is 0.0178. The van der Waals surface area contributed by atoms with Gasteiger partial charge >= 0.3 is 0 Å². The van der Waals surface area contributed by atoms with Crippen LogP contribution in [0, 0.1) is 10.1 Å². The van der Waals surface area contributed by atoms with Crippen LogP contribution in [0.15, 0.2) is 237 Å². The van der Waals surface area contributed by atoms with E-state index in [1.54, 1.807) is 24.3 Å². The molecule has 0 bridgehead atoms. The Morgan fingerprint density at radius 1 is 0.418 bits per heavy atom. The van der Waals surface area contributed by atoms with Crippen molar-refractivity contribution in [1.29, 1.82) is 0 Å². The lowest BCUT2D eigenvalue weighted by atomic mass is 9.85. The predicted octanol–water partition coefficient (Wildman–Crippen LogP) is 15.5. The summed E-state index contributed by atoms with van der Waals surface area (Å²) in [5, 5.41) is 49.8. The van der Waals surface area contributed by atoms with Crippen molar-refractivity contribution in [1.82, 2.24) is 14.7 Å². The summed E-state index contributed by atoms with van der Waals surface area (Å²) in [5.41, 5.74) is 27.8. The monoisotopic (exact) mass is 1310 g/mol. The zero-order chi connectivity index (χ0) is 68.2. The highest BCUT2D eigenvalue weighted by molar-refractivity contribution is 6.01. The molecule has 0 radical (unpaired) electrons. The number of hydrogen-bond acceptors (Lipinski definition) is 12. The first-order chi connectivity index (χ1) is 47.9. The first kappa shape index (κ1) is 69.9. The maximum atomic E-state index is 11.2. The molecule has 4 aliphatic rings. The Morgan fingerprint density at radius 3 is 1.06 bits per heavy atom. The SMILES string of the molecule is CN1CCN(c2ccc(/C(=C(/CCCO)c3ccccc3)c3ccc(N)cc3)cc2)CC1.CN1CCN(c2ccc(/C(=C(/CCCO)c3ccccc3)c3ccc([N+](=O)[O-])cc3)cc2)CC1.OCCC/C(=C(\c1ccc(O)cc1)c1ccc(C2CN(C3CC3)C2)cc1)c1ccccc1. The van der Waals surface area contributed by atoms with Crippen LogP contribution in [0.4, 0.5) is 22.7 Å². The first-order valence-corrected chi connectivity index (χ1v) is 35.0. The Morgan fingerprint density at radius 2 is 0.735 bits per heavy atom. The maximum absolute atomic E-state index is 11.2. The summed E-state index contributed by atoms with van der Waals surface area (Å²) < 4.78 is 0. The number of likely N-dealkylation sites (N-methyl/N-ethyl adjacent to an activating group) is 2. The Kier molecular flexibility index (Phi) is 24.7. The summed E-state index contributed by atoms with van der Waals surface area (Å²) in [4.78, 5) is 23.0. The van der Waals surface area contributed by atoms with Crippen molar-refractivity contribution in [3.05, 3.63) is 302 Å². The molecule has 13 heteroatoms. The van der Waals surface area contributed by atoms with Gasteiger partial charge in [-0.2, -0.15) is 0 Å². The lowest BCUT2D eigenvalue weighted by molar-refractivity contribution is -0.384. The zero-order valence-corrected chi connectivity index (χ0v) is 56.9. The zero-order valence-electron chi connectivity index (χ0n) is 56.9. The number of aliphatic hydroxyl groups is 3. The van der Waals surface area contributed by atoms with Crippen LogP contribution in [0.1, 0.15) is 113 Å². The van der Waals surface area contributed by atoms with Crippen LogP contribution in [0.5, 0.6) is 5.75 Å². The Bertz CT molecular complexity index is 4050. The minimum atomic E-state index is -0.373. The van der Waals surface area contributed by atoms with Crippen LogP contribution >= 0.6 is 0 Å². The Hall–Kier alpha value is -9.44. The number of nitrogen functional groups attached to an aromatic ring is 1. The molecule has 1 aliphatic carbocycles. The molecule has 4 fully saturated rings. The molecule has 9 aromatic rings. The maximum Gasteiger partial charge on any atom is 0.269 e. The summed E-state index contributed by atoms with van der Waals surface area (Å²) in [6.45, 7) is 11.2. The number of phenolic OH excluding ortho intramolecular Hbond substituents is 1. The van der Waals surface area contributed by atoms with Crippen LogP contribution in [-0.2, 0) is 0 Å². The summed E-state index contributed by atoms with van der Waals surface area (Å²) >= 11 is 0. The van der Waals surface area contributed by atoms with E-state index in [9.17, 15) is 30.5 Å². The third kappa shape index (κ3) is 18.4. The Balaban J connectivity index is 0.000000149. The molecule has 1 saturated carbocycles. The largest absolute Gasteiger partial charge is 0.508 e. The van der Waals surface area contributed by atoms with Crippen molar-refractivity contribution in [2.24, 2.45) is 0 Å². The highest BCUT2D eigenvalue weighted by Crippen LogP contribution is 2.42. The fourth-order valence-electron chi connectivity index (χ4n) is 13.7. The van der Waals surface area contributed by atoms with Crippen molar-refractivity contribution in [2.75, 3.05) is 115 Å². The highest BCUT2D eigenvalue weighted by atomic mass is 16.6. The second-order valence-electron chi connectivity index (χ2n) is 26.3. The number of hydrogen-bond donors (Lipinski definition) is 5. The molecular weight excluding hydrogens is 1210 g/mol. The van der Waals surface area contributed by atoms with E-state index in [-0.39, 0.29) is 36.2 Å². The van der Waals surface area contributed by atoms with Gasteiger partial charge in [-0.1, -0.05) is 164 Å². The van der Waals surface area contributed by atoms with Crippen LogP contribution < -0.4 is 15.5 Å². The van der Waals surface area contributed by atoms with Crippen LogP contribution in [-0.4, -0.2) is 145 Å². The minimum Gasteiger partial charge on any atom is -0.508 e. The summed E-state index contributed by atoms with van der Waals surface area (Å²) in [7, 11) is 4.33. The van der Waals surface area contributed by atoms with E-state index in [0.29, 0.717) is 25.2 Å². The third-order valence-electron chi connectivity index (χ3n) is 19.4.